The molecule has 0 N–H and O–H groups in total. The van der Waals surface area contributed by atoms with E-state index in [1.807, 2.05) is 73.7 Å². The lowest BCUT2D eigenvalue weighted by Crippen LogP contribution is -2.01. The van der Waals surface area contributed by atoms with Crippen molar-refractivity contribution in [1.29, 1.82) is 0 Å². The maximum absolute atomic E-state index is 15.4. The molecule has 0 unspecified atom stereocenters. The summed E-state index contributed by atoms with van der Waals surface area (Å²) in [5.41, 5.74) is 11.2. The Morgan fingerprint density at radius 2 is 1.26 bits per heavy atom. The largest absolute Gasteiger partial charge is 0.456 e. The minimum absolute atomic E-state index is 0.298. The minimum Gasteiger partial charge on any atom is -0.456 e. The van der Waals surface area contributed by atoms with Gasteiger partial charge in [0, 0.05) is 33.0 Å². The lowest BCUT2D eigenvalue weighted by molar-refractivity contribution is 0.631. The Morgan fingerprint density at radius 1 is 0.547 bits per heavy atom. The maximum Gasteiger partial charge on any atom is 0.164 e. The molecule has 0 saturated heterocycles. The predicted octanol–water partition coefficient (Wildman–Crippen LogP) is 12.7. The molecule has 10 rings (SSSR count). The molecule has 7 aromatic carbocycles. The Labute approximate surface area is 306 Å². The first-order valence-electron chi connectivity index (χ1n) is 17.9. The van der Waals surface area contributed by atoms with Crippen LogP contribution in [0.1, 0.15) is 23.1 Å². The third-order valence-electron chi connectivity index (χ3n) is 10.4. The summed E-state index contributed by atoms with van der Waals surface area (Å²) in [5.74, 6) is 1.21. The molecule has 1 aliphatic rings. The van der Waals surface area contributed by atoms with Crippen LogP contribution in [0.3, 0.4) is 0 Å². The summed E-state index contributed by atoms with van der Waals surface area (Å²) in [6.45, 7) is 1.99. The SMILES string of the molecule is Cc1ccccc1-c1cc(-c2nc(-c3ccc4ccccc4c3)nc(-c3cccc4oc5ccc(-c6ccc7c(c6)CCC=C7)cc5c34)n2)ccc1F. The van der Waals surface area contributed by atoms with Crippen molar-refractivity contribution in [2.24, 2.45) is 0 Å². The van der Waals surface area contributed by atoms with Crippen LogP contribution in [0.2, 0.25) is 0 Å². The highest BCUT2D eigenvalue weighted by molar-refractivity contribution is 6.12. The van der Waals surface area contributed by atoms with Crippen LogP contribution >= 0.6 is 0 Å². The first-order valence-corrected chi connectivity index (χ1v) is 17.9. The zero-order chi connectivity index (χ0) is 35.5. The van der Waals surface area contributed by atoms with Gasteiger partial charge in [0.25, 0.3) is 0 Å². The number of allylic oxidation sites excluding steroid dienone is 1. The highest BCUT2D eigenvalue weighted by atomic mass is 19.1. The second-order valence-corrected chi connectivity index (χ2v) is 13.7. The number of aromatic nitrogens is 3. The molecule has 4 nitrogen and oxygen atoms in total. The first kappa shape index (κ1) is 31.1. The molecule has 0 amide bonds. The van der Waals surface area contributed by atoms with E-state index in [9.17, 15) is 0 Å². The molecule has 5 heteroatoms. The van der Waals surface area contributed by atoms with Gasteiger partial charge in [0.05, 0.1) is 0 Å². The topological polar surface area (TPSA) is 51.8 Å². The second-order valence-electron chi connectivity index (χ2n) is 13.7. The summed E-state index contributed by atoms with van der Waals surface area (Å²) in [5, 5.41) is 4.15. The molecule has 0 atom stereocenters. The number of hydrogen-bond donors (Lipinski definition) is 0. The van der Waals surface area contributed by atoms with E-state index in [0.29, 0.717) is 28.6 Å². The van der Waals surface area contributed by atoms with Crippen molar-refractivity contribution in [2.45, 2.75) is 19.8 Å². The number of hydrogen-bond acceptors (Lipinski definition) is 4. The molecule has 0 radical (unpaired) electrons. The average Bonchev–Trinajstić information content (AvgIpc) is 3.59. The smallest absolute Gasteiger partial charge is 0.164 e. The van der Waals surface area contributed by atoms with Crippen LogP contribution in [0.4, 0.5) is 4.39 Å². The zero-order valence-corrected chi connectivity index (χ0v) is 29.0. The monoisotopic (exact) mass is 685 g/mol. The Kier molecular flexibility index (Phi) is 7.32. The van der Waals surface area contributed by atoms with E-state index in [4.69, 9.17) is 19.4 Å². The summed E-state index contributed by atoms with van der Waals surface area (Å²) in [6.07, 6.45) is 6.56. The molecule has 53 heavy (non-hydrogen) atoms. The molecule has 0 aliphatic heterocycles. The van der Waals surface area contributed by atoms with Crippen LogP contribution in [0.25, 0.3) is 95.2 Å². The van der Waals surface area contributed by atoms with Crippen LogP contribution < -0.4 is 0 Å². The highest BCUT2D eigenvalue weighted by Gasteiger charge is 2.20. The van der Waals surface area contributed by atoms with E-state index in [-0.39, 0.29) is 5.82 Å². The van der Waals surface area contributed by atoms with Gasteiger partial charge in [-0.15, -0.1) is 0 Å². The zero-order valence-electron chi connectivity index (χ0n) is 29.0. The predicted molar refractivity (Wildman–Crippen MR) is 214 cm³/mol. The van der Waals surface area contributed by atoms with E-state index < -0.39 is 0 Å². The van der Waals surface area contributed by atoms with Gasteiger partial charge in [-0.25, -0.2) is 19.3 Å². The number of fused-ring (bicyclic) bond motifs is 5. The van der Waals surface area contributed by atoms with Crippen molar-refractivity contribution in [2.75, 3.05) is 0 Å². The fourth-order valence-electron chi connectivity index (χ4n) is 7.64. The molecular weight excluding hydrogens is 654 g/mol. The summed E-state index contributed by atoms with van der Waals surface area (Å²) >= 11 is 0. The molecule has 0 spiro atoms. The third-order valence-corrected chi connectivity index (χ3v) is 10.4. The lowest BCUT2D eigenvalue weighted by atomic mass is 9.92. The van der Waals surface area contributed by atoms with Gasteiger partial charge in [-0.3, -0.25) is 0 Å². The van der Waals surface area contributed by atoms with Crippen LogP contribution in [0.15, 0.2) is 150 Å². The van der Waals surface area contributed by atoms with Crippen LogP contribution in [0, 0.1) is 12.7 Å². The Balaban J connectivity index is 1.18. The first-order chi connectivity index (χ1) is 26.1. The van der Waals surface area contributed by atoms with E-state index in [2.05, 4.69) is 72.8 Å². The highest BCUT2D eigenvalue weighted by Crippen LogP contribution is 2.39. The minimum atomic E-state index is -0.298. The van der Waals surface area contributed by atoms with Gasteiger partial charge in [-0.05, 0) is 106 Å². The van der Waals surface area contributed by atoms with E-state index in [0.717, 1.165) is 73.4 Å². The Bertz CT molecular complexity index is 2940. The second kappa shape index (κ2) is 12.5. The van der Waals surface area contributed by atoms with Crippen molar-refractivity contribution in [3.63, 3.8) is 0 Å². The Hall–Kier alpha value is -6.72. The average molecular weight is 686 g/mol. The molecule has 1 aliphatic carbocycles. The number of halogens is 1. The van der Waals surface area contributed by atoms with E-state index >= 15 is 4.39 Å². The number of rotatable bonds is 5. The van der Waals surface area contributed by atoms with Crippen molar-refractivity contribution < 1.29 is 8.81 Å². The van der Waals surface area contributed by atoms with Crippen LogP contribution in [0.5, 0.6) is 0 Å². The van der Waals surface area contributed by atoms with E-state index in [1.54, 1.807) is 6.07 Å². The lowest BCUT2D eigenvalue weighted by Gasteiger charge is -2.13. The van der Waals surface area contributed by atoms with Crippen LogP contribution in [-0.4, -0.2) is 15.0 Å². The summed E-state index contributed by atoms with van der Waals surface area (Å²) < 4.78 is 21.9. The van der Waals surface area contributed by atoms with Crippen molar-refractivity contribution in [3.05, 3.63) is 168 Å². The molecule has 0 saturated carbocycles. The van der Waals surface area contributed by atoms with Gasteiger partial charge in [-0.1, -0.05) is 109 Å². The van der Waals surface area contributed by atoms with Gasteiger partial charge < -0.3 is 4.42 Å². The third kappa shape index (κ3) is 5.49. The van der Waals surface area contributed by atoms with Gasteiger partial charge in [-0.2, -0.15) is 0 Å². The van der Waals surface area contributed by atoms with Gasteiger partial charge >= 0.3 is 0 Å². The molecular formula is C48H32FN3O. The summed E-state index contributed by atoms with van der Waals surface area (Å²) in [4.78, 5) is 15.3. The molecule has 252 valence electrons. The summed E-state index contributed by atoms with van der Waals surface area (Å²) in [6, 6.07) is 46.5. The van der Waals surface area contributed by atoms with Gasteiger partial charge in [0.15, 0.2) is 17.5 Å². The molecule has 0 bridgehead atoms. The standard InChI is InChI=1S/C48H32FN3O/c1-29-9-2-7-14-38(29)40-28-37(21-23-42(40)49)47-50-46(36-20-18-31-11-4-6-13-33(31)26-36)51-48(52-47)39-15-8-16-44-45(39)41-27-35(22-24-43(41)53-44)34-19-17-30-10-3-5-12-32(30)25-34/h2-4,6-11,13-28H,5,12H2,1H3. The molecule has 2 heterocycles. The fraction of sp³-hybridized carbons (Fsp3) is 0.0625. The Morgan fingerprint density at radius 3 is 2.15 bits per heavy atom. The van der Waals surface area contributed by atoms with Gasteiger partial charge in [0.1, 0.15) is 17.0 Å². The number of nitrogens with zero attached hydrogens (tertiary/aromatic N) is 3. The summed E-state index contributed by atoms with van der Waals surface area (Å²) in [7, 11) is 0. The normalized spacial score (nSPS) is 12.5. The molecule has 9 aromatic rings. The number of aryl methyl sites for hydroxylation is 2. The molecule has 0 fully saturated rings. The quantitative estimate of drug-likeness (QED) is 0.181. The van der Waals surface area contributed by atoms with Crippen molar-refractivity contribution >= 4 is 38.8 Å². The van der Waals surface area contributed by atoms with Crippen molar-refractivity contribution in [3.8, 4) is 56.4 Å². The molecule has 2 aromatic heterocycles. The van der Waals surface area contributed by atoms with Gasteiger partial charge in [0.2, 0.25) is 0 Å². The van der Waals surface area contributed by atoms with Crippen molar-refractivity contribution in [1.82, 2.24) is 15.0 Å². The maximum atomic E-state index is 15.4. The van der Waals surface area contributed by atoms with E-state index in [1.165, 1.54) is 22.8 Å². The fourth-order valence-corrected chi connectivity index (χ4v) is 7.64. The number of benzene rings is 7. The van der Waals surface area contributed by atoms with Crippen LogP contribution in [-0.2, 0) is 6.42 Å². The number of furan rings is 1.